The zero-order valence-electron chi connectivity index (χ0n) is 11.3. The third-order valence-corrected chi connectivity index (χ3v) is 3.25. The molecule has 3 heteroatoms. The molecule has 0 bridgehead atoms. The van der Waals surface area contributed by atoms with Crippen LogP contribution in [0.4, 0.5) is 0 Å². The molecule has 2 atom stereocenters. The Hall–Kier alpha value is -0.120. The Morgan fingerprint density at radius 3 is 2.62 bits per heavy atom. The Bertz CT molecular complexity index is 179. The van der Waals surface area contributed by atoms with Gasteiger partial charge < -0.3 is 10.1 Å². The third-order valence-electron chi connectivity index (χ3n) is 3.25. The predicted octanol–water partition coefficient (Wildman–Crippen LogP) is 1.73. The average molecular weight is 228 g/mol. The Kier molecular flexibility index (Phi) is 6.32. The summed E-state index contributed by atoms with van der Waals surface area (Å²) in [5.41, 5.74) is 0. The second kappa shape index (κ2) is 7.25. The van der Waals surface area contributed by atoms with Crippen molar-refractivity contribution in [2.24, 2.45) is 5.92 Å². The highest BCUT2D eigenvalue weighted by Gasteiger charge is 2.21. The highest BCUT2D eigenvalue weighted by Crippen LogP contribution is 2.11. The van der Waals surface area contributed by atoms with Gasteiger partial charge in [-0.05, 0) is 32.2 Å². The van der Waals surface area contributed by atoms with Gasteiger partial charge in [0.2, 0.25) is 0 Å². The predicted molar refractivity (Wildman–Crippen MR) is 68.8 cm³/mol. The molecule has 2 unspecified atom stereocenters. The van der Waals surface area contributed by atoms with Gasteiger partial charge in [-0.1, -0.05) is 13.8 Å². The van der Waals surface area contributed by atoms with Gasteiger partial charge in [-0.2, -0.15) is 0 Å². The number of hydrogen-bond acceptors (Lipinski definition) is 3. The van der Waals surface area contributed by atoms with Crippen LogP contribution in [0.25, 0.3) is 0 Å². The number of ether oxygens (including phenoxy) is 1. The quantitative estimate of drug-likeness (QED) is 0.718. The van der Waals surface area contributed by atoms with E-state index in [0.29, 0.717) is 12.1 Å². The van der Waals surface area contributed by atoms with Crippen LogP contribution in [0, 0.1) is 5.92 Å². The number of rotatable bonds is 7. The summed E-state index contributed by atoms with van der Waals surface area (Å²) in [5.74, 6) is 0.723. The standard InChI is InChI=1S/C13H28N2O/c1-11(2)8-15(12(3)10-16-4)9-13-6-5-7-14-13/h11-14H,5-10H2,1-4H3. The lowest BCUT2D eigenvalue weighted by molar-refractivity contribution is 0.0855. The van der Waals surface area contributed by atoms with E-state index in [1.807, 2.05) is 0 Å². The van der Waals surface area contributed by atoms with Crippen LogP contribution in [0.15, 0.2) is 0 Å². The van der Waals surface area contributed by atoms with Crippen molar-refractivity contribution < 1.29 is 4.74 Å². The van der Waals surface area contributed by atoms with Crippen LogP contribution in [-0.4, -0.2) is 50.3 Å². The molecule has 0 aliphatic carbocycles. The maximum Gasteiger partial charge on any atom is 0.0615 e. The molecule has 0 aromatic carbocycles. The van der Waals surface area contributed by atoms with Crippen molar-refractivity contribution in [3.05, 3.63) is 0 Å². The first kappa shape index (κ1) is 13.9. The van der Waals surface area contributed by atoms with Crippen LogP contribution in [0.2, 0.25) is 0 Å². The second-order valence-electron chi connectivity index (χ2n) is 5.45. The SMILES string of the molecule is COCC(C)N(CC(C)C)CC1CCCN1. The summed E-state index contributed by atoms with van der Waals surface area (Å²) in [7, 11) is 1.79. The second-order valence-corrected chi connectivity index (χ2v) is 5.45. The fourth-order valence-electron chi connectivity index (χ4n) is 2.45. The first-order valence-electron chi connectivity index (χ1n) is 6.59. The van der Waals surface area contributed by atoms with Crippen molar-refractivity contribution in [3.8, 4) is 0 Å². The van der Waals surface area contributed by atoms with Crippen molar-refractivity contribution in [1.82, 2.24) is 10.2 Å². The largest absolute Gasteiger partial charge is 0.383 e. The Labute approximate surface area is 101 Å². The van der Waals surface area contributed by atoms with E-state index < -0.39 is 0 Å². The van der Waals surface area contributed by atoms with E-state index in [-0.39, 0.29) is 0 Å². The van der Waals surface area contributed by atoms with E-state index in [0.717, 1.165) is 12.5 Å². The molecule has 0 saturated carbocycles. The topological polar surface area (TPSA) is 24.5 Å². The number of hydrogen-bond donors (Lipinski definition) is 1. The monoisotopic (exact) mass is 228 g/mol. The molecule has 3 nitrogen and oxygen atoms in total. The molecular weight excluding hydrogens is 200 g/mol. The molecule has 0 amide bonds. The van der Waals surface area contributed by atoms with Gasteiger partial charge in [-0.3, -0.25) is 4.90 Å². The molecule has 0 spiro atoms. The highest BCUT2D eigenvalue weighted by atomic mass is 16.5. The van der Waals surface area contributed by atoms with E-state index in [1.165, 1.54) is 32.5 Å². The maximum atomic E-state index is 5.27. The Balaban J connectivity index is 2.41. The molecule has 0 aromatic rings. The first-order chi connectivity index (χ1) is 7.63. The summed E-state index contributed by atoms with van der Waals surface area (Å²) in [6, 6.07) is 1.22. The van der Waals surface area contributed by atoms with Crippen LogP contribution in [0.1, 0.15) is 33.6 Å². The molecule has 16 heavy (non-hydrogen) atoms. The van der Waals surface area contributed by atoms with Crippen molar-refractivity contribution in [2.45, 2.75) is 45.7 Å². The van der Waals surface area contributed by atoms with Gasteiger partial charge in [0.15, 0.2) is 0 Å². The van der Waals surface area contributed by atoms with Gasteiger partial charge in [0.25, 0.3) is 0 Å². The van der Waals surface area contributed by atoms with Crippen molar-refractivity contribution in [2.75, 3.05) is 33.4 Å². The zero-order valence-corrected chi connectivity index (χ0v) is 11.3. The number of nitrogens with one attached hydrogen (secondary N) is 1. The lowest BCUT2D eigenvalue weighted by Crippen LogP contribution is -2.45. The van der Waals surface area contributed by atoms with Crippen LogP contribution in [0.3, 0.4) is 0 Å². The first-order valence-corrected chi connectivity index (χ1v) is 6.59. The van der Waals surface area contributed by atoms with Gasteiger partial charge in [-0.25, -0.2) is 0 Å². The molecule has 1 aliphatic rings. The number of nitrogens with zero attached hydrogens (tertiary/aromatic N) is 1. The summed E-state index contributed by atoms with van der Waals surface area (Å²) in [4.78, 5) is 2.57. The highest BCUT2D eigenvalue weighted by molar-refractivity contribution is 4.80. The lowest BCUT2D eigenvalue weighted by atomic mass is 10.1. The molecular formula is C13H28N2O. The summed E-state index contributed by atoms with van der Waals surface area (Å²) in [6.07, 6.45) is 2.66. The third kappa shape index (κ3) is 4.81. The van der Waals surface area contributed by atoms with Gasteiger partial charge in [-0.15, -0.1) is 0 Å². The van der Waals surface area contributed by atoms with E-state index in [9.17, 15) is 0 Å². The Morgan fingerprint density at radius 2 is 2.12 bits per heavy atom. The summed E-state index contributed by atoms with van der Waals surface area (Å²) < 4.78 is 5.27. The van der Waals surface area contributed by atoms with E-state index in [4.69, 9.17) is 4.74 Å². The molecule has 1 rings (SSSR count). The molecule has 0 aromatic heterocycles. The van der Waals surface area contributed by atoms with E-state index in [1.54, 1.807) is 7.11 Å². The van der Waals surface area contributed by atoms with Crippen LogP contribution >= 0.6 is 0 Å². The van der Waals surface area contributed by atoms with Crippen LogP contribution in [-0.2, 0) is 4.74 Å². The van der Waals surface area contributed by atoms with E-state index in [2.05, 4.69) is 31.0 Å². The molecule has 0 radical (unpaired) electrons. The van der Waals surface area contributed by atoms with Crippen molar-refractivity contribution in [1.29, 1.82) is 0 Å². The minimum Gasteiger partial charge on any atom is -0.383 e. The summed E-state index contributed by atoms with van der Waals surface area (Å²) >= 11 is 0. The van der Waals surface area contributed by atoms with Gasteiger partial charge in [0.1, 0.15) is 0 Å². The van der Waals surface area contributed by atoms with E-state index >= 15 is 0 Å². The van der Waals surface area contributed by atoms with Crippen LogP contribution in [0.5, 0.6) is 0 Å². The zero-order chi connectivity index (χ0) is 12.0. The molecule has 1 heterocycles. The lowest BCUT2D eigenvalue weighted by Gasteiger charge is -2.32. The molecule has 96 valence electrons. The fraction of sp³-hybridized carbons (Fsp3) is 1.00. The fourth-order valence-corrected chi connectivity index (χ4v) is 2.45. The van der Waals surface area contributed by atoms with Gasteiger partial charge >= 0.3 is 0 Å². The summed E-state index contributed by atoms with van der Waals surface area (Å²) in [5, 5.41) is 3.57. The normalized spacial score (nSPS) is 23.2. The smallest absolute Gasteiger partial charge is 0.0615 e. The molecule has 1 fully saturated rings. The number of methoxy groups -OCH3 is 1. The summed E-state index contributed by atoms with van der Waals surface area (Å²) in [6.45, 7) is 11.2. The maximum absolute atomic E-state index is 5.27. The molecule has 1 saturated heterocycles. The average Bonchev–Trinajstić information content (AvgIpc) is 2.69. The molecule has 1 N–H and O–H groups in total. The van der Waals surface area contributed by atoms with Gasteiger partial charge in [0, 0.05) is 32.3 Å². The Morgan fingerprint density at radius 1 is 1.38 bits per heavy atom. The minimum absolute atomic E-state index is 0.523. The minimum atomic E-state index is 0.523. The van der Waals surface area contributed by atoms with Crippen molar-refractivity contribution in [3.63, 3.8) is 0 Å². The van der Waals surface area contributed by atoms with Crippen molar-refractivity contribution >= 4 is 0 Å². The van der Waals surface area contributed by atoms with Crippen LogP contribution < -0.4 is 5.32 Å². The van der Waals surface area contributed by atoms with Gasteiger partial charge in [0.05, 0.1) is 6.61 Å². The molecule has 1 aliphatic heterocycles.